The Balaban J connectivity index is 1.90. The van der Waals surface area contributed by atoms with E-state index in [1.807, 2.05) is 55.6 Å². The fraction of sp³-hybridized carbons (Fsp3) is 0.278. The van der Waals surface area contributed by atoms with Crippen LogP contribution in [0.15, 0.2) is 42.5 Å². The second-order valence-electron chi connectivity index (χ2n) is 5.65. The normalized spacial score (nSPS) is 12.0. The van der Waals surface area contributed by atoms with E-state index in [-0.39, 0.29) is 11.9 Å². The van der Waals surface area contributed by atoms with Crippen molar-refractivity contribution >= 4 is 23.2 Å². The Morgan fingerprint density at radius 3 is 2.68 bits per heavy atom. The number of hydrogen-bond acceptors (Lipinski definition) is 1. The fourth-order valence-electron chi connectivity index (χ4n) is 2.36. The lowest BCUT2D eigenvalue weighted by Crippen LogP contribution is -2.86. The number of halogens is 1. The first kappa shape index (κ1) is 16.5. The average molecular weight is 318 g/mol. The Kier molecular flexibility index (Phi) is 5.58. The largest absolute Gasteiger partial charge is 0.333 e. The van der Waals surface area contributed by atoms with Gasteiger partial charge in [-0.15, -0.1) is 0 Å². The maximum Gasteiger partial charge on any atom is 0.279 e. The van der Waals surface area contributed by atoms with Gasteiger partial charge in [-0.1, -0.05) is 41.4 Å². The van der Waals surface area contributed by atoms with Crippen molar-refractivity contribution in [1.82, 2.24) is 0 Å². The molecule has 2 aromatic carbocycles. The van der Waals surface area contributed by atoms with Crippen LogP contribution in [0.5, 0.6) is 0 Å². The van der Waals surface area contributed by atoms with Crippen LogP contribution in [-0.4, -0.2) is 12.5 Å². The summed E-state index contributed by atoms with van der Waals surface area (Å²) in [6.45, 7) is 6.48. The van der Waals surface area contributed by atoms with Gasteiger partial charge < -0.3 is 10.6 Å². The summed E-state index contributed by atoms with van der Waals surface area (Å²) in [7, 11) is 0. The third-order valence-electron chi connectivity index (χ3n) is 3.69. The van der Waals surface area contributed by atoms with Gasteiger partial charge in [0, 0.05) is 16.3 Å². The molecule has 0 heterocycles. The van der Waals surface area contributed by atoms with Crippen LogP contribution in [0, 0.1) is 13.8 Å². The lowest BCUT2D eigenvalue weighted by Gasteiger charge is -2.12. The summed E-state index contributed by atoms with van der Waals surface area (Å²) < 4.78 is 0. The Bertz CT molecular complexity index is 670. The topological polar surface area (TPSA) is 45.7 Å². The first-order valence-corrected chi connectivity index (χ1v) is 7.79. The van der Waals surface area contributed by atoms with Crippen LogP contribution in [0.25, 0.3) is 0 Å². The Hall–Kier alpha value is -1.84. The number of nitrogens with one attached hydrogen (secondary N) is 1. The highest BCUT2D eigenvalue weighted by atomic mass is 35.5. The molecular formula is C18H22ClN2O+. The summed E-state index contributed by atoms with van der Waals surface area (Å²) in [5, 5.41) is 5.68. The third kappa shape index (κ3) is 4.58. The molecule has 0 bridgehead atoms. The van der Waals surface area contributed by atoms with E-state index in [2.05, 4.69) is 18.3 Å². The van der Waals surface area contributed by atoms with Gasteiger partial charge in [-0.25, -0.2) is 0 Å². The number of amides is 1. The monoisotopic (exact) mass is 317 g/mol. The number of benzene rings is 2. The molecule has 0 spiro atoms. The Morgan fingerprint density at radius 1 is 1.23 bits per heavy atom. The van der Waals surface area contributed by atoms with Crippen LogP contribution in [0.4, 0.5) is 5.69 Å². The molecule has 2 aromatic rings. The van der Waals surface area contributed by atoms with Crippen molar-refractivity contribution in [3.8, 4) is 0 Å². The highest BCUT2D eigenvalue weighted by Crippen LogP contribution is 2.16. The van der Waals surface area contributed by atoms with Gasteiger partial charge in [0.25, 0.3) is 5.91 Å². The van der Waals surface area contributed by atoms with Crippen molar-refractivity contribution in [2.45, 2.75) is 26.8 Å². The molecule has 0 unspecified atom stereocenters. The Morgan fingerprint density at radius 2 is 2.00 bits per heavy atom. The minimum Gasteiger partial charge on any atom is -0.333 e. The molecular weight excluding hydrogens is 296 g/mol. The third-order valence-corrected chi connectivity index (χ3v) is 3.92. The first-order valence-electron chi connectivity index (χ1n) is 7.41. The molecule has 0 saturated carbocycles. The molecule has 1 atom stereocenters. The zero-order chi connectivity index (χ0) is 16.1. The Labute approximate surface area is 136 Å². The summed E-state index contributed by atoms with van der Waals surface area (Å²) in [4.78, 5) is 12.1. The molecule has 3 N–H and O–H groups in total. The van der Waals surface area contributed by atoms with E-state index >= 15 is 0 Å². The van der Waals surface area contributed by atoms with Crippen molar-refractivity contribution in [1.29, 1.82) is 0 Å². The predicted octanol–water partition coefficient (Wildman–Crippen LogP) is 3.22. The number of hydrogen-bond donors (Lipinski definition) is 2. The van der Waals surface area contributed by atoms with Crippen LogP contribution >= 0.6 is 11.6 Å². The second kappa shape index (κ2) is 7.43. The van der Waals surface area contributed by atoms with Gasteiger partial charge in [0.15, 0.2) is 6.54 Å². The van der Waals surface area contributed by atoms with Gasteiger partial charge in [0.1, 0.15) is 6.04 Å². The number of anilines is 1. The van der Waals surface area contributed by atoms with E-state index in [4.69, 9.17) is 11.6 Å². The SMILES string of the molecule is Cc1ccc(NC(=O)C[NH2+][C@@H](C)c2cccc(Cl)c2)c(C)c1. The van der Waals surface area contributed by atoms with Gasteiger partial charge in [0.05, 0.1) is 0 Å². The number of quaternary nitrogens is 1. The standard InChI is InChI=1S/C18H21ClN2O/c1-12-7-8-17(13(2)9-12)21-18(22)11-20-14(3)15-5-4-6-16(19)10-15/h4-10,14,20H,11H2,1-3H3,(H,21,22)/p+1/t14-/m0/s1. The zero-order valence-electron chi connectivity index (χ0n) is 13.2. The summed E-state index contributed by atoms with van der Waals surface area (Å²) >= 11 is 6.00. The molecule has 22 heavy (non-hydrogen) atoms. The second-order valence-corrected chi connectivity index (χ2v) is 6.09. The number of carbonyl (C=O) groups excluding carboxylic acids is 1. The van der Waals surface area contributed by atoms with E-state index in [0.29, 0.717) is 6.54 Å². The minimum atomic E-state index is 0.000770. The van der Waals surface area contributed by atoms with Crippen molar-refractivity contribution < 1.29 is 10.1 Å². The van der Waals surface area contributed by atoms with Crippen molar-refractivity contribution in [2.24, 2.45) is 0 Å². The lowest BCUT2D eigenvalue weighted by atomic mass is 10.1. The number of aryl methyl sites for hydroxylation is 2. The van der Waals surface area contributed by atoms with E-state index < -0.39 is 0 Å². The maximum atomic E-state index is 12.1. The summed E-state index contributed by atoms with van der Waals surface area (Å²) in [6, 6.07) is 13.9. The lowest BCUT2D eigenvalue weighted by molar-refractivity contribution is -0.682. The van der Waals surface area contributed by atoms with Crippen LogP contribution in [0.3, 0.4) is 0 Å². The minimum absolute atomic E-state index is 0.000770. The van der Waals surface area contributed by atoms with Crippen LogP contribution in [0.1, 0.15) is 29.7 Å². The molecule has 0 aliphatic rings. The summed E-state index contributed by atoms with van der Waals surface area (Å²) in [5.41, 5.74) is 4.26. The van der Waals surface area contributed by atoms with Gasteiger partial charge in [-0.05, 0) is 44.5 Å². The number of nitrogens with two attached hydrogens (primary N) is 1. The van der Waals surface area contributed by atoms with Gasteiger partial charge in [-0.2, -0.15) is 0 Å². The zero-order valence-corrected chi connectivity index (χ0v) is 13.9. The highest BCUT2D eigenvalue weighted by molar-refractivity contribution is 6.30. The van der Waals surface area contributed by atoms with Crippen LogP contribution in [0.2, 0.25) is 5.02 Å². The smallest absolute Gasteiger partial charge is 0.279 e. The highest BCUT2D eigenvalue weighted by Gasteiger charge is 2.12. The van der Waals surface area contributed by atoms with Crippen molar-refractivity contribution in [3.05, 3.63) is 64.2 Å². The fourth-order valence-corrected chi connectivity index (χ4v) is 2.56. The molecule has 0 fully saturated rings. The molecule has 0 aromatic heterocycles. The molecule has 4 heteroatoms. The summed E-state index contributed by atoms with van der Waals surface area (Å²) in [6.07, 6.45) is 0. The quantitative estimate of drug-likeness (QED) is 0.874. The average Bonchev–Trinajstić information content (AvgIpc) is 2.47. The van der Waals surface area contributed by atoms with Crippen LogP contribution < -0.4 is 10.6 Å². The summed E-state index contributed by atoms with van der Waals surface area (Å²) in [5.74, 6) is 0.000770. The molecule has 0 saturated heterocycles. The molecule has 0 aliphatic heterocycles. The maximum absolute atomic E-state index is 12.1. The molecule has 2 rings (SSSR count). The van der Waals surface area contributed by atoms with Crippen molar-refractivity contribution in [3.63, 3.8) is 0 Å². The number of carbonyl (C=O) groups is 1. The van der Waals surface area contributed by atoms with Gasteiger partial charge in [-0.3, -0.25) is 4.79 Å². The molecule has 1 amide bonds. The predicted molar refractivity (Wildman–Crippen MR) is 91.2 cm³/mol. The van der Waals surface area contributed by atoms with E-state index in [1.165, 1.54) is 5.56 Å². The molecule has 116 valence electrons. The van der Waals surface area contributed by atoms with E-state index in [0.717, 1.165) is 21.8 Å². The van der Waals surface area contributed by atoms with Crippen molar-refractivity contribution in [2.75, 3.05) is 11.9 Å². The molecule has 0 aliphatic carbocycles. The first-order chi connectivity index (χ1) is 10.5. The number of rotatable bonds is 5. The van der Waals surface area contributed by atoms with Crippen LogP contribution in [-0.2, 0) is 4.79 Å². The molecule has 0 radical (unpaired) electrons. The van der Waals surface area contributed by atoms with E-state index in [9.17, 15) is 4.79 Å². The molecule has 3 nitrogen and oxygen atoms in total. The van der Waals surface area contributed by atoms with Gasteiger partial charge in [0.2, 0.25) is 0 Å². The van der Waals surface area contributed by atoms with E-state index in [1.54, 1.807) is 0 Å². The van der Waals surface area contributed by atoms with Gasteiger partial charge >= 0.3 is 0 Å².